The summed E-state index contributed by atoms with van der Waals surface area (Å²) in [5.41, 5.74) is -0.344. The van der Waals surface area contributed by atoms with Gasteiger partial charge >= 0.3 is 5.97 Å². The maximum atomic E-state index is 12.4. The highest BCUT2D eigenvalue weighted by Crippen LogP contribution is 2.33. The lowest BCUT2D eigenvalue weighted by Crippen LogP contribution is -2.06. The molecule has 1 heterocycles. The van der Waals surface area contributed by atoms with Gasteiger partial charge in [-0.05, 0) is 0 Å². The Labute approximate surface area is 100 Å². The molecule has 0 saturated carbocycles. The Morgan fingerprint density at radius 3 is 2.62 bits per heavy atom. The summed E-state index contributed by atoms with van der Waals surface area (Å²) in [5.74, 6) is -0.551. The van der Waals surface area contributed by atoms with Crippen molar-refractivity contribution in [1.29, 1.82) is 0 Å². The highest BCUT2D eigenvalue weighted by molar-refractivity contribution is 6.42. The molecule has 0 aliphatic rings. The van der Waals surface area contributed by atoms with E-state index in [-0.39, 0.29) is 22.0 Å². The average molecular weight is 270 g/mol. The fourth-order valence-corrected chi connectivity index (χ4v) is 1.48. The number of alkyl halides is 2. The molecular weight excluding hydrogens is 263 g/mol. The Hall–Kier alpha value is -0.940. The van der Waals surface area contributed by atoms with Crippen LogP contribution in [0.4, 0.5) is 8.78 Å². The van der Waals surface area contributed by atoms with Crippen molar-refractivity contribution >= 4 is 29.2 Å². The van der Waals surface area contributed by atoms with E-state index in [2.05, 4.69) is 9.72 Å². The molecule has 0 aromatic carbocycles. The van der Waals surface area contributed by atoms with E-state index in [1.165, 1.54) is 7.11 Å². The molecular formula is C9H7Cl2F2NO2. The average Bonchev–Trinajstić information content (AvgIpc) is 2.24. The Bertz CT molecular complexity index is 413. The molecule has 0 spiro atoms. The highest BCUT2D eigenvalue weighted by Gasteiger charge is 2.19. The monoisotopic (exact) mass is 269 g/mol. The van der Waals surface area contributed by atoms with Crippen LogP contribution >= 0.6 is 23.2 Å². The number of esters is 1. The molecule has 0 amide bonds. The van der Waals surface area contributed by atoms with Gasteiger partial charge in [-0.3, -0.25) is 9.78 Å². The first-order valence-electron chi connectivity index (χ1n) is 4.15. The van der Waals surface area contributed by atoms with Crippen molar-refractivity contribution in [3.05, 3.63) is 27.5 Å². The van der Waals surface area contributed by atoms with Crippen molar-refractivity contribution in [2.45, 2.75) is 12.8 Å². The van der Waals surface area contributed by atoms with Gasteiger partial charge in [0.1, 0.15) is 5.69 Å². The molecule has 3 nitrogen and oxygen atoms in total. The molecule has 1 aromatic heterocycles. The zero-order chi connectivity index (χ0) is 12.3. The molecule has 0 bridgehead atoms. The summed E-state index contributed by atoms with van der Waals surface area (Å²) in [7, 11) is 1.21. The lowest BCUT2D eigenvalue weighted by Gasteiger charge is -2.08. The number of methoxy groups -OCH3 is 1. The SMILES string of the molecule is COC(=O)Cc1cnc(C(F)F)c(Cl)c1Cl. The van der Waals surface area contributed by atoms with Gasteiger partial charge in [-0.1, -0.05) is 23.2 Å². The predicted octanol–water partition coefficient (Wildman–Crippen LogP) is 3.04. The van der Waals surface area contributed by atoms with Gasteiger partial charge < -0.3 is 4.74 Å². The highest BCUT2D eigenvalue weighted by atomic mass is 35.5. The van der Waals surface area contributed by atoms with Gasteiger partial charge in [0.2, 0.25) is 0 Å². The first-order chi connectivity index (χ1) is 7.47. The van der Waals surface area contributed by atoms with Gasteiger partial charge in [-0.15, -0.1) is 0 Å². The molecule has 0 atom stereocenters. The molecule has 0 fully saturated rings. The fourth-order valence-electron chi connectivity index (χ4n) is 1.02. The van der Waals surface area contributed by atoms with Crippen LogP contribution in [0.5, 0.6) is 0 Å². The number of nitrogens with zero attached hydrogens (tertiary/aromatic N) is 1. The number of hydrogen-bond acceptors (Lipinski definition) is 3. The lowest BCUT2D eigenvalue weighted by molar-refractivity contribution is -0.139. The van der Waals surface area contributed by atoms with Crippen molar-refractivity contribution in [2.75, 3.05) is 7.11 Å². The topological polar surface area (TPSA) is 39.2 Å². The van der Waals surface area contributed by atoms with Gasteiger partial charge in [0.25, 0.3) is 6.43 Å². The number of hydrogen-bond donors (Lipinski definition) is 0. The largest absolute Gasteiger partial charge is 0.469 e. The van der Waals surface area contributed by atoms with Gasteiger partial charge in [0, 0.05) is 11.8 Å². The standard InChI is InChI=1S/C9H7Cl2F2NO2/c1-16-5(15)2-4-3-14-8(9(12)13)7(11)6(4)10/h3,9H,2H2,1H3. The maximum Gasteiger partial charge on any atom is 0.310 e. The predicted molar refractivity (Wildman–Crippen MR) is 54.9 cm³/mol. The second kappa shape index (κ2) is 5.41. The Balaban J connectivity index is 3.07. The number of carbonyl (C=O) groups is 1. The summed E-state index contributed by atoms with van der Waals surface area (Å²) < 4.78 is 29.2. The molecule has 1 aromatic rings. The van der Waals surface area contributed by atoms with Crippen LogP contribution in [0.1, 0.15) is 17.7 Å². The molecule has 1 rings (SSSR count). The van der Waals surface area contributed by atoms with E-state index in [1.807, 2.05) is 0 Å². The van der Waals surface area contributed by atoms with Gasteiger partial charge in [0.15, 0.2) is 0 Å². The van der Waals surface area contributed by atoms with E-state index in [4.69, 9.17) is 23.2 Å². The molecule has 16 heavy (non-hydrogen) atoms. The van der Waals surface area contributed by atoms with Crippen molar-refractivity contribution in [3.8, 4) is 0 Å². The third-order valence-corrected chi connectivity index (χ3v) is 2.74. The van der Waals surface area contributed by atoms with E-state index in [0.29, 0.717) is 0 Å². The number of halogens is 4. The fraction of sp³-hybridized carbons (Fsp3) is 0.333. The molecule has 7 heteroatoms. The van der Waals surface area contributed by atoms with Crippen LogP contribution in [0.2, 0.25) is 10.0 Å². The van der Waals surface area contributed by atoms with Crippen molar-refractivity contribution in [3.63, 3.8) is 0 Å². The Morgan fingerprint density at radius 2 is 2.12 bits per heavy atom. The van der Waals surface area contributed by atoms with E-state index in [1.54, 1.807) is 0 Å². The van der Waals surface area contributed by atoms with Crippen LogP contribution in [-0.4, -0.2) is 18.1 Å². The molecule has 0 saturated heterocycles. The van der Waals surface area contributed by atoms with Gasteiger partial charge in [-0.2, -0.15) is 0 Å². The van der Waals surface area contributed by atoms with E-state index in [9.17, 15) is 13.6 Å². The van der Waals surface area contributed by atoms with Crippen molar-refractivity contribution in [1.82, 2.24) is 4.98 Å². The minimum Gasteiger partial charge on any atom is -0.469 e. The van der Waals surface area contributed by atoms with Gasteiger partial charge in [-0.25, -0.2) is 8.78 Å². The minimum atomic E-state index is -2.81. The van der Waals surface area contributed by atoms with Crippen LogP contribution in [0.25, 0.3) is 0 Å². The number of rotatable bonds is 3. The van der Waals surface area contributed by atoms with Crippen molar-refractivity contribution in [2.24, 2.45) is 0 Å². The smallest absolute Gasteiger partial charge is 0.310 e. The number of pyridine rings is 1. The summed E-state index contributed by atoms with van der Waals surface area (Å²) >= 11 is 11.3. The van der Waals surface area contributed by atoms with Crippen LogP contribution in [-0.2, 0) is 16.0 Å². The third-order valence-electron chi connectivity index (χ3n) is 1.83. The quantitative estimate of drug-likeness (QED) is 0.792. The van der Waals surface area contributed by atoms with E-state index >= 15 is 0 Å². The molecule has 0 aliphatic heterocycles. The zero-order valence-corrected chi connectivity index (χ0v) is 9.65. The number of ether oxygens (including phenoxy) is 1. The first-order valence-corrected chi connectivity index (χ1v) is 4.90. The van der Waals surface area contributed by atoms with Crippen LogP contribution in [0.15, 0.2) is 6.20 Å². The summed E-state index contributed by atoms with van der Waals surface area (Å²) in [5, 5.41) is -0.435. The number of aromatic nitrogens is 1. The van der Waals surface area contributed by atoms with Crippen molar-refractivity contribution < 1.29 is 18.3 Å². The minimum absolute atomic E-state index is 0.0997. The Morgan fingerprint density at radius 1 is 1.50 bits per heavy atom. The Kier molecular flexibility index (Phi) is 4.44. The molecule has 0 aliphatic carbocycles. The van der Waals surface area contributed by atoms with Crippen LogP contribution in [0.3, 0.4) is 0 Å². The molecule has 0 radical (unpaired) electrons. The summed E-state index contributed by atoms with van der Waals surface area (Å²) in [6.45, 7) is 0. The summed E-state index contributed by atoms with van der Waals surface area (Å²) in [6.07, 6.45) is -1.88. The second-order valence-electron chi connectivity index (χ2n) is 2.85. The van der Waals surface area contributed by atoms with Crippen LogP contribution in [0, 0.1) is 0 Å². The summed E-state index contributed by atoms with van der Waals surface area (Å²) in [4.78, 5) is 14.4. The van der Waals surface area contributed by atoms with Crippen LogP contribution < -0.4 is 0 Å². The third kappa shape index (κ3) is 2.80. The molecule has 88 valence electrons. The zero-order valence-electron chi connectivity index (χ0n) is 8.14. The molecule has 0 unspecified atom stereocenters. The van der Waals surface area contributed by atoms with E-state index < -0.39 is 18.1 Å². The second-order valence-corrected chi connectivity index (χ2v) is 3.61. The normalized spacial score (nSPS) is 10.6. The number of carbonyl (C=O) groups excluding carboxylic acids is 1. The summed E-state index contributed by atoms with van der Waals surface area (Å²) in [6, 6.07) is 0. The first kappa shape index (κ1) is 13.1. The molecule has 0 N–H and O–H groups in total. The lowest BCUT2D eigenvalue weighted by atomic mass is 10.2. The van der Waals surface area contributed by atoms with Gasteiger partial charge in [0.05, 0.1) is 23.6 Å². The van der Waals surface area contributed by atoms with E-state index in [0.717, 1.165) is 6.20 Å². The maximum absolute atomic E-state index is 12.4.